The average Bonchev–Trinajstić information content (AvgIpc) is 3.83. The van der Waals surface area contributed by atoms with Crippen molar-refractivity contribution in [2.75, 3.05) is 31.5 Å². The number of carbonyl (C=O) groups is 1. The zero-order valence-electron chi connectivity index (χ0n) is 34.4. The van der Waals surface area contributed by atoms with E-state index in [-0.39, 0.29) is 23.8 Å². The number of rotatable bonds is 10. The highest BCUT2D eigenvalue weighted by atomic mass is 19.3. The molecule has 0 unspecified atom stereocenters. The number of esters is 1. The molecule has 5 heterocycles. The van der Waals surface area contributed by atoms with Crippen molar-refractivity contribution in [3.8, 4) is 28.7 Å². The molecule has 0 saturated carbocycles. The molecule has 0 bridgehead atoms. The van der Waals surface area contributed by atoms with Gasteiger partial charge in [0.25, 0.3) is 6.43 Å². The van der Waals surface area contributed by atoms with Crippen LogP contribution < -0.4 is 5.32 Å². The Morgan fingerprint density at radius 1 is 0.933 bits per heavy atom. The molecular formula is C46H48F2N8O4. The summed E-state index contributed by atoms with van der Waals surface area (Å²) in [5.41, 5.74) is 8.34. The zero-order chi connectivity index (χ0) is 42.3. The Morgan fingerprint density at radius 2 is 1.62 bits per heavy atom. The van der Waals surface area contributed by atoms with E-state index in [0.29, 0.717) is 78.2 Å². The molecule has 0 aliphatic carbocycles. The number of piperidine rings is 1. The van der Waals surface area contributed by atoms with E-state index in [1.807, 2.05) is 83.1 Å². The fourth-order valence-electron chi connectivity index (χ4n) is 8.26. The van der Waals surface area contributed by atoms with Crippen LogP contribution in [0.1, 0.15) is 80.1 Å². The molecule has 2 aliphatic rings. The Hall–Kier alpha value is -5.88. The second-order valence-corrected chi connectivity index (χ2v) is 16.9. The number of benzene rings is 3. The van der Waals surface area contributed by atoms with Crippen molar-refractivity contribution in [1.82, 2.24) is 29.7 Å². The topological polar surface area (TPSA) is 154 Å². The van der Waals surface area contributed by atoms with Crippen molar-refractivity contribution in [3.63, 3.8) is 0 Å². The van der Waals surface area contributed by atoms with E-state index in [0.717, 1.165) is 58.6 Å². The number of nitriles is 1. The van der Waals surface area contributed by atoms with Gasteiger partial charge in [-0.25, -0.2) is 23.7 Å². The molecule has 0 radical (unpaired) electrons. The van der Waals surface area contributed by atoms with Crippen molar-refractivity contribution >= 4 is 39.6 Å². The van der Waals surface area contributed by atoms with Gasteiger partial charge in [0.1, 0.15) is 22.7 Å². The molecule has 0 spiro atoms. The summed E-state index contributed by atoms with van der Waals surface area (Å²) in [6.07, 6.45) is 0.562. The van der Waals surface area contributed by atoms with Gasteiger partial charge in [-0.15, -0.1) is 0 Å². The quantitative estimate of drug-likeness (QED) is 0.127. The first-order chi connectivity index (χ1) is 28.7. The first-order valence-electron chi connectivity index (χ1n) is 20.3. The van der Waals surface area contributed by atoms with Crippen LogP contribution in [0.15, 0.2) is 65.2 Å². The maximum atomic E-state index is 14.1. The van der Waals surface area contributed by atoms with E-state index >= 15 is 0 Å². The molecule has 0 amide bonds. The SMILES string of the molecule is Cc1c(Nc2nc(C(F)F)nc3cc(CN4CC[C@@H](O)C4)cnc23)cccc1-c1cccc(-c2nc3cc(CN4CCC(C(=O)OC(C)(C)C)CC4)cc(C#N)c3o2)c1C. The number of nitrogens with one attached hydrogen (secondary N) is 1. The van der Waals surface area contributed by atoms with Crippen LogP contribution in [0.5, 0.6) is 0 Å². The molecule has 3 aromatic heterocycles. The van der Waals surface area contributed by atoms with Gasteiger partial charge in [-0.2, -0.15) is 5.26 Å². The second-order valence-electron chi connectivity index (χ2n) is 16.9. The summed E-state index contributed by atoms with van der Waals surface area (Å²) in [6, 6.07) is 19.5. The third-order valence-electron chi connectivity index (χ3n) is 11.3. The zero-order valence-corrected chi connectivity index (χ0v) is 34.4. The first-order valence-corrected chi connectivity index (χ1v) is 20.3. The van der Waals surface area contributed by atoms with Gasteiger partial charge in [0.2, 0.25) is 5.89 Å². The number of nitrogens with zero attached hydrogens (tertiary/aromatic N) is 7. The van der Waals surface area contributed by atoms with Crippen LogP contribution in [-0.4, -0.2) is 78.7 Å². The summed E-state index contributed by atoms with van der Waals surface area (Å²) >= 11 is 0. The number of halogens is 2. The van der Waals surface area contributed by atoms with E-state index in [9.17, 15) is 23.9 Å². The van der Waals surface area contributed by atoms with Crippen molar-refractivity contribution < 1.29 is 27.8 Å². The monoisotopic (exact) mass is 814 g/mol. The number of alkyl halides is 2. The van der Waals surface area contributed by atoms with E-state index in [2.05, 4.69) is 36.1 Å². The van der Waals surface area contributed by atoms with Gasteiger partial charge >= 0.3 is 5.97 Å². The second kappa shape index (κ2) is 16.6. The van der Waals surface area contributed by atoms with Gasteiger partial charge in [-0.05, 0) is 131 Å². The number of hydrogen-bond acceptors (Lipinski definition) is 12. The maximum Gasteiger partial charge on any atom is 0.309 e. The first kappa shape index (κ1) is 40.9. The van der Waals surface area contributed by atoms with Gasteiger partial charge in [-0.3, -0.25) is 19.6 Å². The fraction of sp³-hybridized carbons (Fsp3) is 0.391. The van der Waals surface area contributed by atoms with Crippen molar-refractivity contribution in [2.24, 2.45) is 5.92 Å². The van der Waals surface area contributed by atoms with Crippen molar-refractivity contribution in [3.05, 3.63) is 94.4 Å². The molecule has 8 rings (SSSR count). The smallest absolute Gasteiger partial charge is 0.309 e. The number of pyridine rings is 1. The minimum Gasteiger partial charge on any atom is -0.460 e. The molecule has 2 fully saturated rings. The Morgan fingerprint density at radius 3 is 2.32 bits per heavy atom. The Balaban J connectivity index is 1.04. The molecule has 1 atom stereocenters. The molecule has 2 aliphatic heterocycles. The number of β-amino-alcohol motifs (C(OH)–C–C–N with tert-alkyl or cyclic N) is 1. The summed E-state index contributed by atoms with van der Waals surface area (Å²) < 4.78 is 40.2. The number of likely N-dealkylation sites (tertiary alicyclic amines) is 2. The molecular weight excluding hydrogens is 767 g/mol. The summed E-state index contributed by atoms with van der Waals surface area (Å²) in [4.78, 5) is 34.9. The van der Waals surface area contributed by atoms with Crippen LogP contribution in [0.4, 0.5) is 20.3 Å². The molecule has 14 heteroatoms. The third kappa shape index (κ3) is 8.70. The average molecular weight is 815 g/mol. The number of anilines is 2. The Bertz CT molecular complexity index is 2630. The third-order valence-corrected chi connectivity index (χ3v) is 11.3. The van der Waals surface area contributed by atoms with E-state index < -0.39 is 17.9 Å². The number of hydrogen-bond donors (Lipinski definition) is 2. The van der Waals surface area contributed by atoms with Crippen molar-refractivity contribution in [1.29, 1.82) is 5.26 Å². The number of aliphatic hydroxyl groups excluding tert-OH is 1. The molecule has 2 saturated heterocycles. The van der Waals surface area contributed by atoms with Crippen LogP contribution in [0.2, 0.25) is 0 Å². The van der Waals surface area contributed by atoms with Crippen LogP contribution in [0.3, 0.4) is 0 Å². The summed E-state index contributed by atoms with van der Waals surface area (Å²) in [6.45, 7) is 13.5. The van der Waals surface area contributed by atoms with Gasteiger partial charge in [0, 0.05) is 43.6 Å². The number of oxazole rings is 1. The summed E-state index contributed by atoms with van der Waals surface area (Å²) in [7, 11) is 0. The molecule has 6 aromatic rings. The molecule has 60 heavy (non-hydrogen) atoms. The molecule has 2 N–H and O–H groups in total. The number of aliphatic hydroxyl groups is 1. The maximum absolute atomic E-state index is 14.1. The molecule has 310 valence electrons. The minimum atomic E-state index is -2.89. The van der Waals surface area contributed by atoms with Crippen molar-refractivity contribution in [2.45, 2.75) is 85.1 Å². The lowest BCUT2D eigenvalue weighted by Gasteiger charge is -2.32. The van der Waals surface area contributed by atoms with Gasteiger partial charge in [0.05, 0.1) is 23.1 Å². The lowest BCUT2D eigenvalue weighted by atomic mass is 9.93. The van der Waals surface area contributed by atoms with Crippen LogP contribution in [0.25, 0.3) is 44.7 Å². The van der Waals surface area contributed by atoms with E-state index in [1.54, 1.807) is 12.3 Å². The summed E-state index contributed by atoms with van der Waals surface area (Å²) in [5.74, 6) is -0.293. The van der Waals surface area contributed by atoms with Crippen LogP contribution in [0, 0.1) is 31.1 Å². The summed E-state index contributed by atoms with van der Waals surface area (Å²) in [5, 5.41) is 23.4. The predicted octanol–water partition coefficient (Wildman–Crippen LogP) is 8.79. The number of fused-ring (bicyclic) bond motifs is 2. The lowest BCUT2D eigenvalue weighted by Crippen LogP contribution is -2.38. The van der Waals surface area contributed by atoms with Crippen LogP contribution in [-0.2, 0) is 22.6 Å². The van der Waals surface area contributed by atoms with Gasteiger partial charge in [-0.1, -0.05) is 24.3 Å². The Labute approximate surface area is 347 Å². The molecule has 12 nitrogen and oxygen atoms in total. The Kier molecular flexibility index (Phi) is 11.3. The van der Waals surface area contributed by atoms with E-state index in [4.69, 9.17) is 14.1 Å². The number of carbonyl (C=O) groups excluding carboxylic acids is 1. The fourth-order valence-corrected chi connectivity index (χ4v) is 8.26. The standard InChI is InChI=1S/C46H48F2N8O4/c1-26-33(34-9-7-11-36(27(34)2)51-42-39-37(52-43(54-42)41(47)48)20-29(22-50-39)24-56-17-14-32(57)25-56)8-6-10-35(26)44-53-38-19-28(18-31(21-49)40(38)59-44)23-55-15-12-30(13-16-55)45(58)60-46(3,4)5/h6-11,18-20,22,30,32,41,57H,12-17,23-25H2,1-5H3,(H,51,52,54)/t32-/m1/s1. The van der Waals surface area contributed by atoms with Crippen LogP contribution >= 0.6 is 0 Å². The molecule has 3 aromatic carbocycles. The lowest BCUT2D eigenvalue weighted by molar-refractivity contribution is -0.161. The highest BCUT2D eigenvalue weighted by molar-refractivity contribution is 5.90. The van der Waals surface area contributed by atoms with Gasteiger partial charge < -0.3 is 19.6 Å². The van der Waals surface area contributed by atoms with Gasteiger partial charge in [0.15, 0.2) is 17.2 Å². The number of ether oxygens (including phenoxy) is 1. The largest absolute Gasteiger partial charge is 0.460 e. The highest BCUT2D eigenvalue weighted by Gasteiger charge is 2.30. The predicted molar refractivity (Wildman–Crippen MR) is 224 cm³/mol. The number of aromatic nitrogens is 4. The normalized spacial score (nSPS) is 16.8. The van der Waals surface area contributed by atoms with E-state index in [1.165, 1.54) is 0 Å². The minimum absolute atomic E-state index is 0.120. The highest BCUT2D eigenvalue weighted by Crippen LogP contribution is 2.38.